The molecule has 0 spiro atoms. The zero-order chi connectivity index (χ0) is 17.2. The molecule has 130 valence electrons. The van der Waals surface area contributed by atoms with Crippen LogP contribution >= 0.6 is 0 Å². The predicted octanol–water partition coefficient (Wildman–Crippen LogP) is 3.30. The summed E-state index contributed by atoms with van der Waals surface area (Å²) in [4.78, 5) is 2.31. The molecule has 0 bridgehead atoms. The summed E-state index contributed by atoms with van der Waals surface area (Å²) in [6.07, 6.45) is -0.789. The lowest BCUT2D eigenvalue weighted by molar-refractivity contribution is -0.137. The minimum absolute atomic E-state index is 0.534. The fourth-order valence-corrected chi connectivity index (χ4v) is 3.12. The SMILES string of the molecule is CC[C@H]1CCCN(Cc2nnnn2-c2ccc(C(F)(F)F)cc2)C1. The van der Waals surface area contributed by atoms with E-state index in [4.69, 9.17) is 0 Å². The van der Waals surface area contributed by atoms with Gasteiger partial charge in [0.05, 0.1) is 17.8 Å². The summed E-state index contributed by atoms with van der Waals surface area (Å²) in [6.45, 7) is 4.80. The molecule has 1 aromatic heterocycles. The van der Waals surface area contributed by atoms with Crippen molar-refractivity contribution in [2.45, 2.75) is 38.9 Å². The molecule has 2 aromatic rings. The highest BCUT2D eigenvalue weighted by Crippen LogP contribution is 2.29. The van der Waals surface area contributed by atoms with Crippen LogP contribution in [0.1, 0.15) is 37.6 Å². The van der Waals surface area contributed by atoms with Gasteiger partial charge in [-0.1, -0.05) is 13.3 Å². The van der Waals surface area contributed by atoms with Crippen LogP contribution in [-0.2, 0) is 12.7 Å². The van der Waals surface area contributed by atoms with Crippen molar-refractivity contribution >= 4 is 0 Å². The van der Waals surface area contributed by atoms with Crippen LogP contribution in [0.4, 0.5) is 13.2 Å². The minimum Gasteiger partial charge on any atom is -0.296 e. The highest BCUT2D eigenvalue weighted by atomic mass is 19.4. The Morgan fingerprint density at radius 3 is 2.62 bits per heavy atom. The maximum atomic E-state index is 12.7. The van der Waals surface area contributed by atoms with Crippen LogP contribution in [0.25, 0.3) is 5.69 Å². The first-order chi connectivity index (χ1) is 11.5. The Kier molecular flexibility index (Phi) is 4.84. The highest BCUT2D eigenvalue weighted by Gasteiger charge is 2.30. The monoisotopic (exact) mass is 339 g/mol. The molecule has 1 fully saturated rings. The molecule has 0 unspecified atom stereocenters. The van der Waals surface area contributed by atoms with Gasteiger partial charge in [-0.2, -0.15) is 17.9 Å². The summed E-state index contributed by atoms with van der Waals surface area (Å²) in [6, 6.07) is 4.89. The number of piperidine rings is 1. The van der Waals surface area contributed by atoms with Crippen LogP contribution in [-0.4, -0.2) is 38.2 Å². The lowest BCUT2D eigenvalue weighted by Crippen LogP contribution is -2.35. The van der Waals surface area contributed by atoms with Gasteiger partial charge in [0, 0.05) is 6.54 Å². The molecule has 0 aliphatic carbocycles. The first-order valence-corrected chi connectivity index (χ1v) is 8.14. The molecular weight excluding hydrogens is 319 g/mol. The third-order valence-electron chi connectivity index (χ3n) is 4.52. The first-order valence-electron chi connectivity index (χ1n) is 8.14. The quantitative estimate of drug-likeness (QED) is 0.857. The van der Waals surface area contributed by atoms with E-state index in [9.17, 15) is 13.2 Å². The fourth-order valence-electron chi connectivity index (χ4n) is 3.12. The number of tetrazole rings is 1. The van der Waals surface area contributed by atoms with E-state index >= 15 is 0 Å². The Balaban J connectivity index is 1.75. The summed E-state index contributed by atoms with van der Waals surface area (Å²) in [5, 5.41) is 11.7. The number of alkyl halides is 3. The Morgan fingerprint density at radius 1 is 1.21 bits per heavy atom. The van der Waals surface area contributed by atoms with Crippen LogP contribution in [0.15, 0.2) is 24.3 Å². The first kappa shape index (κ1) is 16.9. The molecule has 1 atom stereocenters. The van der Waals surface area contributed by atoms with Crippen molar-refractivity contribution in [3.8, 4) is 5.69 Å². The van der Waals surface area contributed by atoms with Crippen LogP contribution in [0.5, 0.6) is 0 Å². The molecule has 0 radical (unpaired) electrons. The molecule has 5 nitrogen and oxygen atoms in total. The van der Waals surface area contributed by atoms with Gasteiger partial charge in [-0.05, 0) is 60.0 Å². The molecule has 1 saturated heterocycles. The summed E-state index contributed by atoms with van der Waals surface area (Å²) < 4.78 is 39.5. The number of halogens is 3. The van der Waals surface area contributed by atoms with E-state index in [1.807, 2.05) is 0 Å². The van der Waals surface area contributed by atoms with Gasteiger partial charge in [0.25, 0.3) is 0 Å². The summed E-state index contributed by atoms with van der Waals surface area (Å²) in [7, 11) is 0. The Morgan fingerprint density at radius 2 is 1.96 bits per heavy atom. The van der Waals surface area contributed by atoms with Crippen molar-refractivity contribution in [1.29, 1.82) is 0 Å². The van der Waals surface area contributed by atoms with Crippen molar-refractivity contribution in [2.24, 2.45) is 5.92 Å². The number of hydrogen-bond acceptors (Lipinski definition) is 4. The van der Waals surface area contributed by atoms with Gasteiger partial charge in [-0.3, -0.25) is 4.90 Å². The van der Waals surface area contributed by atoms with Gasteiger partial charge in [-0.15, -0.1) is 5.10 Å². The molecule has 0 N–H and O–H groups in total. The second-order valence-electron chi connectivity index (χ2n) is 6.20. The summed E-state index contributed by atoms with van der Waals surface area (Å²) >= 11 is 0. The van der Waals surface area contributed by atoms with Gasteiger partial charge in [0.1, 0.15) is 0 Å². The Bertz CT molecular complexity index is 665. The standard InChI is InChI=1S/C16H20F3N5/c1-2-12-4-3-9-23(10-12)11-15-20-21-22-24(15)14-7-5-13(6-8-14)16(17,18)19/h5-8,12H,2-4,9-11H2,1H3/t12-/m0/s1. The molecule has 0 amide bonds. The largest absolute Gasteiger partial charge is 0.416 e. The molecule has 2 heterocycles. The van der Waals surface area contributed by atoms with E-state index in [-0.39, 0.29) is 0 Å². The van der Waals surface area contributed by atoms with Crippen molar-refractivity contribution < 1.29 is 13.2 Å². The molecule has 3 rings (SSSR count). The van der Waals surface area contributed by atoms with E-state index < -0.39 is 11.7 Å². The third-order valence-corrected chi connectivity index (χ3v) is 4.52. The smallest absolute Gasteiger partial charge is 0.296 e. The molecule has 0 saturated carbocycles. The van der Waals surface area contributed by atoms with Crippen LogP contribution in [0, 0.1) is 5.92 Å². The number of benzene rings is 1. The number of nitrogens with zero attached hydrogens (tertiary/aromatic N) is 5. The number of aromatic nitrogens is 4. The van der Waals surface area contributed by atoms with E-state index in [0.29, 0.717) is 24.0 Å². The highest BCUT2D eigenvalue weighted by molar-refractivity contribution is 5.35. The molecule has 24 heavy (non-hydrogen) atoms. The second kappa shape index (κ2) is 6.88. The molecular formula is C16H20F3N5. The molecule has 8 heteroatoms. The topological polar surface area (TPSA) is 46.8 Å². The molecule has 1 aromatic carbocycles. The van der Waals surface area contributed by atoms with E-state index in [1.54, 1.807) is 0 Å². The van der Waals surface area contributed by atoms with E-state index in [0.717, 1.165) is 38.1 Å². The van der Waals surface area contributed by atoms with Crippen LogP contribution in [0.2, 0.25) is 0 Å². The Hall–Kier alpha value is -1.96. The van der Waals surface area contributed by atoms with Crippen LogP contribution in [0.3, 0.4) is 0 Å². The maximum absolute atomic E-state index is 12.7. The number of likely N-dealkylation sites (tertiary alicyclic amines) is 1. The van der Waals surface area contributed by atoms with E-state index in [1.165, 1.54) is 23.2 Å². The average molecular weight is 339 g/mol. The Labute approximate surface area is 138 Å². The number of hydrogen-bond donors (Lipinski definition) is 0. The van der Waals surface area contributed by atoms with Crippen molar-refractivity contribution in [2.75, 3.05) is 13.1 Å². The van der Waals surface area contributed by atoms with Gasteiger partial charge in [0.15, 0.2) is 5.82 Å². The van der Waals surface area contributed by atoms with Crippen molar-refractivity contribution in [1.82, 2.24) is 25.1 Å². The zero-order valence-electron chi connectivity index (χ0n) is 13.5. The third kappa shape index (κ3) is 3.75. The van der Waals surface area contributed by atoms with Gasteiger partial charge < -0.3 is 0 Å². The summed E-state index contributed by atoms with van der Waals surface area (Å²) in [5.41, 5.74) is -0.144. The average Bonchev–Trinajstić information content (AvgIpc) is 3.02. The number of rotatable bonds is 4. The zero-order valence-corrected chi connectivity index (χ0v) is 13.5. The maximum Gasteiger partial charge on any atom is 0.416 e. The van der Waals surface area contributed by atoms with E-state index in [2.05, 4.69) is 27.3 Å². The fraction of sp³-hybridized carbons (Fsp3) is 0.562. The van der Waals surface area contributed by atoms with Gasteiger partial charge in [0.2, 0.25) is 0 Å². The van der Waals surface area contributed by atoms with Gasteiger partial charge >= 0.3 is 6.18 Å². The molecule has 1 aliphatic heterocycles. The van der Waals surface area contributed by atoms with Crippen molar-refractivity contribution in [3.05, 3.63) is 35.7 Å². The minimum atomic E-state index is -4.34. The van der Waals surface area contributed by atoms with Crippen molar-refractivity contribution in [3.63, 3.8) is 0 Å². The lowest BCUT2D eigenvalue weighted by atomic mass is 9.96. The normalized spacial score (nSPS) is 19.6. The summed E-state index contributed by atoms with van der Waals surface area (Å²) in [5.74, 6) is 1.33. The predicted molar refractivity (Wildman–Crippen MR) is 82.4 cm³/mol. The lowest BCUT2D eigenvalue weighted by Gasteiger charge is -2.31. The van der Waals surface area contributed by atoms with Gasteiger partial charge in [-0.25, -0.2) is 0 Å². The van der Waals surface area contributed by atoms with Crippen LogP contribution < -0.4 is 0 Å². The molecule has 1 aliphatic rings. The second-order valence-corrected chi connectivity index (χ2v) is 6.20.